The third kappa shape index (κ3) is 12.9. The molecule has 0 unspecified atom stereocenters. The standard InChI is InChI=1S/C39H48/c1-3-5-7-9-10-11-13-15-17-35-20-24-37(25-21-35)27-29-39-32-30-38(31-33-39)28-26-36-22-18-34(19-23-36)16-14-12-8-6-4-2/h18-25,30-33H,3-17H2,1-2H3. The van der Waals surface area contributed by atoms with E-state index in [2.05, 4.69) is 110 Å². The molecule has 0 spiro atoms. The van der Waals surface area contributed by atoms with Crippen LogP contribution in [0.5, 0.6) is 0 Å². The maximum absolute atomic E-state index is 3.31. The van der Waals surface area contributed by atoms with Gasteiger partial charge in [0.05, 0.1) is 0 Å². The van der Waals surface area contributed by atoms with E-state index in [1.807, 2.05) is 0 Å². The van der Waals surface area contributed by atoms with Crippen LogP contribution in [0.25, 0.3) is 0 Å². The van der Waals surface area contributed by atoms with Crippen molar-refractivity contribution in [3.63, 3.8) is 0 Å². The molecule has 3 aromatic rings. The summed E-state index contributed by atoms with van der Waals surface area (Å²) in [6.45, 7) is 4.54. The first-order valence-electron chi connectivity index (χ1n) is 15.6. The summed E-state index contributed by atoms with van der Waals surface area (Å²) in [6, 6.07) is 25.8. The fraction of sp³-hybridized carbons (Fsp3) is 0.436. The van der Waals surface area contributed by atoms with Crippen molar-refractivity contribution in [3.05, 3.63) is 106 Å². The molecule has 3 aromatic carbocycles. The molecule has 0 aliphatic rings. The SMILES string of the molecule is CCCCCCCCCCc1ccc(C#Cc2ccc(C#Cc3ccc(CCCCCCC)cc3)cc2)cc1. The summed E-state index contributed by atoms with van der Waals surface area (Å²) in [5, 5.41) is 0. The van der Waals surface area contributed by atoms with Gasteiger partial charge in [-0.25, -0.2) is 0 Å². The average Bonchev–Trinajstić information content (AvgIpc) is 2.98. The topological polar surface area (TPSA) is 0 Å². The molecule has 0 aliphatic carbocycles. The summed E-state index contributed by atoms with van der Waals surface area (Å²) in [7, 11) is 0. The lowest BCUT2D eigenvalue weighted by Crippen LogP contribution is -1.87. The van der Waals surface area contributed by atoms with Gasteiger partial charge in [0.15, 0.2) is 0 Å². The molecule has 39 heavy (non-hydrogen) atoms. The number of aryl methyl sites for hydroxylation is 2. The maximum Gasteiger partial charge on any atom is 0.0249 e. The Kier molecular flexibility index (Phi) is 14.7. The maximum atomic E-state index is 3.31. The highest BCUT2D eigenvalue weighted by Crippen LogP contribution is 2.13. The Bertz CT molecular complexity index is 1170. The normalized spacial score (nSPS) is 10.4. The highest BCUT2D eigenvalue weighted by Gasteiger charge is 1.97. The Labute approximate surface area is 239 Å². The Morgan fingerprint density at radius 1 is 0.333 bits per heavy atom. The molecule has 0 bridgehead atoms. The summed E-state index contributed by atoms with van der Waals surface area (Å²) in [5.41, 5.74) is 7.02. The van der Waals surface area contributed by atoms with E-state index in [0.29, 0.717) is 0 Å². The minimum atomic E-state index is 1.02. The summed E-state index contributed by atoms with van der Waals surface area (Å²) >= 11 is 0. The zero-order valence-electron chi connectivity index (χ0n) is 24.5. The molecule has 0 atom stereocenters. The third-order valence-electron chi connectivity index (χ3n) is 7.38. The largest absolute Gasteiger partial charge is 0.0654 e. The van der Waals surface area contributed by atoms with Gasteiger partial charge in [0, 0.05) is 22.3 Å². The highest BCUT2D eigenvalue weighted by molar-refractivity contribution is 5.48. The number of hydrogen-bond acceptors (Lipinski definition) is 0. The van der Waals surface area contributed by atoms with E-state index in [4.69, 9.17) is 0 Å². The van der Waals surface area contributed by atoms with Gasteiger partial charge in [-0.05, 0) is 85.3 Å². The first kappa shape index (κ1) is 30.3. The van der Waals surface area contributed by atoms with Crippen LogP contribution in [-0.4, -0.2) is 0 Å². The second-order valence-corrected chi connectivity index (χ2v) is 10.9. The minimum absolute atomic E-state index is 1.02. The predicted molar refractivity (Wildman–Crippen MR) is 170 cm³/mol. The number of unbranched alkanes of at least 4 members (excludes halogenated alkanes) is 11. The Hall–Kier alpha value is -3.22. The summed E-state index contributed by atoms with van der Waals surface area (Å²) in [4.78, 5) is 0. The van der Waals surface area contributed by atoms with Gasteiger partial charge in [-0.1, -0.05) is 132 Å². The van der Waals surface area contributed by atoms with Crippen LogP contribution in [0.4, 0.5) is 0 Å². The van der Waals surface area contributed by atoms with Gasteiger partial charge in [0.2, 0.25) is 0 Å². The van der Waals surface area contributed by atoms with Crippen LogP contribution in [0.1, 0.15) is 131 Å². The van der Waals surface area contributed by atoms with Crippen LogP contribution >= 0.6 is 0 Å². The molecule has 3 rings (SSSR count). The summed E-state index contributed by atoms with van der Waals surface area (Å²) < 4.78 is 0. The fourth-order valence-corrected chi connectivity index (χ4v) is 4.83. The second kappa shape index (κ2) is 18.9. The lowest BCUT2D eigenvalue weighted by molar-refractivity contribution is 0.575. The third-order valence-corrected chi connectivity index (χ3v) is 7.38. The molecule has 0 radical (unpaired) electrons. The van der Waals surface area contributed by atoms with Crippen molar-refractivity contribution in [1.82, 2.24) is 0 Å². The summed E-state index contributed by atoms with van der Waals surface area (Å²) in [5.74, 6) is 13.2. The number of benzene rings is 3. The molecule has 0 aliphatic heterocycles. The Morgan fingerprint density at radius 3 is 0.897 bits per heavy atom. The van der Waals surface area contributed by atoms with E-state index >= 15 is 0 Å². The quantitative estimate of drug-likeness (QED) is 0.139. The van der Waals surface area contributed by atoms with Crippen LogP contribution in [0.3, 0.4) is 0 Å². The van der Waals surface area contributed by atoms with Crippen molar-refractivity contribution in [2.75, 3.05) is 0 Å². The zero-order valence-corrected chi connectivity index (χ0v) is 24.5. The monoisotopic (exact) mass is 516 g/mol. The van der Waals surface area contributed by atoms with Gasteiger partial charge < -0.3 is 0 Å². The fourth-order valence-electron chi connectivity index (χ4n) is 4.83. The Morgan fingerprint density at radius 2 is 0.590 bits per heavy atom. The van der Waals surface area contributed by atoms with Crippen molar-refractivity contribution in [2.45, 2.75) is 110 Å². The lowest BCUT2D eigenvalue weighted by atomic mass is 10.0. The van der Waals surface area contributed by atoms with Gasteiger partial charge in [-0.15, -0.1) is 0 Å². The molecule has 204 valence electrons. The van der Waals surface area contributed by atoms with E-state index in [1.165, 1.54) is 107 Å². The van der Waals surface area contributed by atoms with Gasteiger partial charge in [0.1, 0.15) is 0 Å². The van der Waals surface area contributed by atoms with Gasteiger partial charge in [-0.3, -0.25) is 0 Å². The highest BCUT2D eigenvalue weighted by atomic mass is 14.0. The van der Waals surface area contributed by atoms with Crippen LogP contribution in [0, 0.1) is 23.7 Å². The van der Waals surface area contributed by atoms with Crippen LogP contribution < -0.4 is 0 Å². The minimum Gasteiger partial charge on any atom is -0.0654 e. The van der Waals surface area contributed by atoms with Crippen LogP contribution in [0.15, 0.2) is 72.8 Å². The van der Waals surface area contributed by atoms with Crippen molar-refractivity contribution >= 4 is 0 Å². The molecule has 0 fully saturated rings. The second-order valence-electron chi connectivity index (χ2n) is 10.9. The first-order chi connectivity index (χ1) is 19.3. The van der Waals surface area contributed by atoms with Crippen LogP contribution in [0.2, 0.25) is 0 Å². The average molecular weight is 517 g/mol. The molecule has 0 heteroatoms. The van der Waals surface area contributed by atoms with Crippen molar-refractivity contribution in [1.29, 1.82) is 0 Å². The molecule has 0 amide bonds. The van der Waals surface area contributed by atoms with Crippen LogP contribution in [-0.2, 0) is 12.8 Å². The van der Waals surface area contributed by atoms with Crippen molar-refractivity contribution < 1.29 is 0 Å². The molecule has 0 saturated carbocycles. The van der Waals surface area contributed by atoms with E-state index in [0.717, 1.165) is 22.3 Å². The summed E-state index contributed by atoms with van der Waals surface area (Å²) in [6.07, 6.45) is 19.9. The van der Waals surface area contributed by atoms with E-state index < -0.39 is 0 Å². The molecule has 0 aromatic heterocycles. The van der Waals surface area contributed by atoms with Crippen molar-refractivity contribution in [2.24, 2.45) is 0 Å². The zero-order chi connectivity index (χ0) is 27.4. The lowest BCUT2D eigenvalue weighted by Gasteiger charge is -2.03. The number of rotatable bonds is 15. The van der Waals surface area contributed by atoms with E-state index in [1.54, 1.807) is 0 Å². The van der Waals surface area contributed by atoms with Gasteiger partial charge >= 0.3 is 0 Å². The Balaban J connectivity index is 1.40. The van der Waals surface area contributed by atoms with Gasteiger partial charge in [0.25, 0.3) is 0 Å². The predicted octanol–water partition coefficient (Wildman–Crippen LogP) is 10.7. The molecular formula is C39H48. The van der Waals surface area contributed by atoms with E-state index in [-0.39, 0.29) is 0 Å². The van der Waals surface area contributed by atoms with Gasteiger partial charge in [-0.2, -0.15) is 0 Å². The molecule has 0 N–H and O–H groups in total. The smallest absolute Gasteiger partial charge is 0.0249 e. The molecule has 0 heterocycles. The van der Waals surface area contributed by atoms with E-state index in [9.17, 15) is 0 Å². The van der Waals surface area contributed by atoms with Crippen molar-refractivity contribution in [3.8, 4) is 23.7 Å². The molecule has 0 saturated heterocycles. The number of hydrogen-bond donors (Lipinski definition) is 0. The molecule has 0 nitrogen and oxygen atoms in total. The molecular weight excluding hydrogens is 468 g/mol. The first-order valence-corrected chi connectivity index (χ1v) is 15.6.